The maximum atomic E-state index is 10.9. The first kappa shape index (κ1) is 13.8. The van der Waals surface area contributed by atoms with Crippen molar-refractivity contribution >= 4 is 33.4 Å². The van der Waals surface area contributed by atoms with Crippen molar-refractivity contribution in [2.75, 3.05) is 12.3 Å². The van der Waals surface area contributed by atoms with Crippen molar-refractivity contribution in [3.05, 3.63) is 38.3 Å². The van der Waals surface area contributed by atoms with Crippen LogP contribution in [0.5, 0.6) is 0 Å². The number of hydrogen-bond acceptors (Lipinski definition) is 4. The van der Waals surface area contributed by atoms with Gasteiger partial charge in [-0.15, -0.1) is 0 Å². The molecule has 1 fully saturated rings. The summed E-state index contributed by atoms with van der Waals surface area (Å²) in [5.74, 6) is 1.24. The molecule has 0 bridgehead atoms. The van der Waals surface area contributed by atoms with Crippen molar-refractivity contribution in [2.24, 2.45) is 0 Å². The topological polar surface area (TPSA) is 55.2 Å². The van der Waals surface area contributed by atoms with E-state index < -0.39 is 0 Å². The van der Waals surface area contributed by atoms with Crippen LogP contribution in [0.4, 0.5) is 5.69 Å². The molecule has 1 N–H and O–H groups in total. The molecule has 0 spiro atoms. The third-order valence-corrected chi connectivity index (χ3v) is 4.85. The van der Waals surface area contributed by atoms with Crippen LogP contribution in [0.15, 0.2) is 22.7 Å². The quantitative estimate of drug-likeness (QED) is 0.664. The van der Waals surface area contributed by atoms with E-state index in [1.807, 2.05) is 17.8 Å². The van der Waals surface area contributed by atoms with E-state index in [0.29, 0.717) is 11.8 Å². The van der Waals surface area contributed by atoms with E-state index in [4.69, 9.17) is 0 Å². The van der Waals surface area contributed by atoms with Crippen LogP contribution in [0.1, 0.15) is 18.4 Å². The molecule has 1 unspecified atom stereocenters. The van der Waals surface area contributed by atoms with Gasteiger partial charge in [0.1, 0.15) is 0 Å². The number of rotatable bonds is 5. The summed E-state index contributed by atoms with van der Waals surface area (Å²) >= 11 is 5.25. The first-order valence-corrected chi connectivity index (χ1v) is 7.76. The molecule has 18 heavy (non-hydrogen) atoms. The van der Waals surface area contributed by atoms with Crippen LogP contribution >= 0.6 is 27.7 Å². The van der Waals surface area contributed by atoms with Crippen LogP contribution in [-0.2, 0) is 6.54 Å². The van der Waals surface area contributed by atoms with Crippen LogP contribution in [0.3, 0.4) is 0 Å². The zero-order valence-corrected chi connectivity index (χ0v) is 12.3. The van der Waals surface area contributed by atoms with Gasteiger partial charge in [-0.2, -0.15) is 11.8 Å². The van der Waals surface area contributed by atoms with E-state index in [9.17, 15) is 10.1 Å². The Labute approximate surface area is 119 Å². The molecule has 1 saturated heterocycles. The maximum Gasteiger partial charge on any atom is 0.275 e. The number of benzene rings is 1. The zero-order chi connectivity index (χ0) is 13.0. The molecular formula is C12H15BrN2O2S. The van der Waals surface area contributed by atoms with E-state index in [0.717, 1.165) is 16.6 Å². The minimum Gasteiger partial charge on any atom is -0.311 e. The third-order valence-electron chi connectivity index (χ3n) is 2.96. The van der Waals surface area contributed by atoms with Gasteiger partial charge in [0.05, 0.1) is 4.92 Å². The Kier molecular flexibility index (Phi) is 5.03. The molecule has 0 radical (unpaired) electrons. The monoisotopic (exact) mass is 330 g/mol. The minimum absolute atomic E-state index is 0.177. The molecule has 1 aliphatic heterocycles. The van der Waals surface area contributed by atoms with E-state index in [-0.39, 0.29) is 10.6 Å². The Morgan fingerprint density at radius 3 is 3.06 bits per heavy atom. The lowest BCUT2D eigenvalue weighted by molar-refractivity contribution is -0.385. The lowest BCUT2D eigenvalue weighted by atomic mass is 10.2. The highest BCUT2D eigenvalue weighted by Gasteiger charge is 2.17. The fourth-order valence-electron chi connectivity index (χ4n) is 2.03. The van der Waals surface area contributed by atoms with Crippen molar-refractivity contribution < 1.29 is 4.92 Å². The van der Waals surface area contributed by atoms with Crippen LogP contribution in [0, 0.1) is 10.1 Å². The first-order chi connectivity index (χ1) is 8.66. The second-order valence-electron chi connectivity index (χ2n) is 4.30. The average Bonchev–Trinajstić information content (AvgIpc) is 2.84. The highest BCUT2D eigenvalue weighted by atomic mass is 79.9. The summed E-state index contributed by atoms with van der Waals surface area (Å²) in [7, 11) is 0. The SMILES string of the molecule is O=[N+]([O-])c1cc(Br)ccc1CNCC1CCCS1. The molecule has 0 saturated carbocycles. The number of thioether (sulfide) groups is 1. The van der Waals surface area contributed by atoms with E-state index in [2.05, 4.69) is 21.2 Å². The van der Waals surface area contributed by atoms with Crippen LogP contribution in [-0.4, -0.2) is 22.5 Å². The second kappa shape index (κ2) is 6.54. The lowest BCUT2D eigenvalue weighted by Gasteiger charge is -2.10. The van der Waals surface area contributed by atoms with E-state index in [1.54, 1.807) is 12.1 Å². The molecule has 1 heterocycles. The Bertz CT molecular complexity index is 436. The van der Waals surface area contributed by atoms with E-state index >= 15 is 0 Å². The minimum atomic E-state index is -0.327. The standard InChI is InChI=1S/C12H15BrN2O2S/c13-10-4-3-9(12(6-10)15(16)17)7-14-8-11-2-1-5-18-11/h3-4,6,11,14H,1-2,5,7-8H2. The number of hydrogen-bond donors (Lipinski definition) is 1. The van der Waals surface area contributed by atoms with Gasteiger partial charge in [-0.1, -0.05) is 15.9 Å². The smallest absolute Gasteiger partial charge is 0.275 e. The van der Waals surface area contributed by atoms with Gasteiger partial charge in [0.2, 0.25) is 0 Å². The highest BCUT2D eigenvalue weighted by Crippen LogP contribution is 2.26. The zero-order valence-electron chi connectivity index (χ0n) is 9.89. The summed E-state index contributed by atoms with van der Waals surface area (Å²) < 4.78 is 0.740. The molecule has 98 valence electrons. The van der Waals surface area contributed by atoms with Crippen molar-refractivity contribution in [3.63, 3.8) is 0 Å². The maximum absolute atomic E-state index is 10.9. The summed E-state index contributed by atoms with van der Waals surface area (Å²) in [4.78, 5) is 10.6. The summed E-state index contributed by atoms with van der Waals surface area (Å²) in [6.45, 7) is 1.48. The summed E-state index contributed by atoms with van der Waals surface area (Å²) in [5, 5.41) is 14.9. The van der Waals surface area contributed by atoms with Gasteiger partial charge in [-0.25, -0.2) is 0 Å². The fraction of sp³-hybridized carbons (Fsp3) is 0.500. The molecule has 0 aromatic heterocycles. The second-order valence-corrected chi connectivity index (χ2v) is 6.62. The van der Waals surface area contributed by atoms with Crippen LogP contribution in [0.25, 0.3) is 0 Å². The van der Waals surface area contributed by atoms with Gasteiger partial charge in [0, 0.05) is 34.4 Å². The summed E-state index contributed by atoms with van der Waals surface area (Å²) in [6, 6.07) is 5.20. The Morgan fingerprint density at radius 2 is 2.39 bits per heavy atom. The number of nitrogens with one attached hydrogen (secondary N) is 1. The van der Waals surface area contributed by atoms with Gasteiger partial charge >= 0.3 is 0 Å². The molecule has 1 aromatic carbocycles. The average molecular weight is 331 g/mol. The van der Waals surface area contributed by atoms with Gasteiger partial charge in [0.25, 0.3) is 5.69 Å². The molecule has 0 aliphatic carbocycles. The number of nitro benzene ring substituents is 1. The van der Waals surface area contributed by atoms with Crippen molar-refractivity contribution in [1.29, 1.82) is 0 Å². The molecular weight excluding hydrogens is 316 g/mol. The van der Waals surface area contributed by atoms with E-state index in [1.165, 1.54) is 18.6 Å². The lowest BCUT2D eigenvalue weighted by Crippen LogP contribution is -2.23. The van der Waals surface area contributed by atoms with Crippen molar-refractivity contribution in [1.82, 2.24) is 5.32 Å². The van der Waals surface area contributed by atoms with Crippen molar-refractivity contribution in [3.8, 4) is 0 Å². The number of nitro groups is 1. The van der Waals surface area contributed by atoms with Crippen LogP contribution < -0.4 is 5.32 Å². The van der Waals surface area contributed by atoms with Gasteiger partial charge in [-0.3, -0.25) is 10.1 Å². The normalized spacial score (nSPS) is 19.1. The summed E-state index contributed by atoms with van der Waals surface area (Å²) in [5.41, 5.74) is 0.919. The van der Waals surface area contributed by atoms with Gasteiger partial charge < -0.3 is 5.32 Å². The Balaban J connectivity index is 1.93. The van der Waals surface area contributed by atoms with Gasteiger partial charge in [-0.05, 0) is 30.7 Å². The predicted octanol–water partition coefficient (Wildman–Crippen LogP) is 3.34. The molecule has 0 amide bonds. The Hall–Kier alpha value is -0.590. The number of halogens is 1. The number of nitrogens with zero attached hydrogens (tertiary/aromatic N) is 1. The molecule has 1 atom stereocenters. The van der Waals surface area contributed by atoms with Gasteiger partial charge in [0.15, 0.2) is 0 Å². The molecule has 4 nitrogen and oxygen atoms in total. The predicted molar refractivity (Wildman–Crippen MR) is 78.0 cm³/mol. The van der Waals surface area contributed by atoms with Crippen molar-refractivity contribution in [2.45, 2.75) is 24.6 Å². The Morgan fingerprint density at radius 1 is 1.56 bits per heavy atom. The molecule has 6 heteroatoms. The fourth-order valence-corrected chi connectivity index (χ4v) is 3.61. The molecule has 2 rings (SSSR count). The largest absolute Gasteiger partial charge is 0.311 e. The summed E-state index contributed by atoms with van der Waals surface area (Å²) in [6.07, 6.45) is 2.54. The first-order valence-electron chi connectivity index (χ1n) is 5.92. The third kappa shape index (κ3) is 3.70. The molecule has 1 aromatic rings. The van der Waals surface area contributed by atoms with Crippen LogP contribution in [0.2, 0.25) is 0 Å². The molecule has 1 aliphatic rings. The highest BCUT2D eigenvalue weighted by molar-refractivity contribution is 9.10.